The summed E-state index contributed by atoms with van der Waals surface area (Å²) in [6, 6.07) is 0.117. The highest BCUT2D eigenvalue weighted by Crippen LogP contribution is 2.25. The van der Waals surface area contributed by atoms with Crippen LogP contribution >= 0.6 is 0 Å². The predicted molar refractivity (Wildman–Crippen MR) is 55.9 cm³/mol. The van der Waals surface area contributed by atoms with Crippen molar-refractivity contribution >= 4 is 5.78 Å². The average Bonchev–Trinajstić information content (AvgIpc) is 2.06. The average molecular weight is 194 g/mol. The van der Waals surface area contributed by atoms with Crippen molar-refractivity contribution in [3.05, 3.63) is 12.2 Å². The van der Waals surface area contributed by atoms with Crippen molar-refractivity contribution in [2.24, 2.45) is 5.92 Å². The summed E-state index contributed by atoms with van der Waals surface area (Å²) < 4.78 is 0. The molecule has 0 aromatic carbocycles. The first-order valence-electron chi connectivity index (χ1n) is 5.31. The maximum atomic E-state index is 11.6. The van der Waals surface area contributed by atoms with Crippen LogP contribution in [0.1, 0.15) is 19.8 Å². The molecular formula is C11H18N2O. The second kappa shape index (κ2) is 3.83. The van der Waals surface area contributed by atoms with Crippen molar-refractivity contribution in [2.75, 3.05) is 13.6 Å². The van der Waals surface area contributed by atoms with Gasteiger partial charge in [0.15, 0.2) is 0 Å². The highest BCUT2D eigenvalue weighted by Gasteiger charge is 2.37. The Kier molecular flexibility index (Phi) is 2.70. The lowest BCUT2D eigenvalue weighted by atomic mass is 9.87. The fourth-order valence-electron chi connectivity index (χ4n) is 2.65. The molecule has 3 nitrogen and oxygen atoms in total. The number of Topliss-reactive ketones (excluding diaryl/α,β-unsaturated/α-hetero) is 1. The molecule has 0 aromatic rings. The molecule has 3 rings (SSSR count). The van der Waals surface area contributed by atoms with Gasteiger partial charge < -0.3 is 5.32 Å². The number of carbonyl (C=O) groups is 1. The van der Waals surface area contributed by atoms with Crippen LogP contribution in [0.2, 0.25) is 0 Å². The predicted octanol–water partition coefficient (Wildman–Crippen LogP) is 0.771. The topological polar surface area (TPSA) is 32.3 Å². The summed E-state index contributed by atoms with van der Waals surface area (Å²) in [5.74, 6) is 0.754. The minimum absolute atomic E-state index is 0.117. The number of rotatable bonds is 1. The molecule has 1 fully saturated rings. The van der Waals surface area contributed by atoms with Crippen LogP contribution in [-0.2, 0) is 4.79 Å². The second-order valence-electron chi connectivity index (χ2n) is 4.35. The van der Waals surface area contributed by atoms with Gasteiger partial charge in [0.25, 0.3) is 0 Å². The summed E-state index contributed by atoms with van der Waals surface area (Å²) in [6.07, 6.45) is 6.82. The number of ketones is 1. The number of nitrogens with zero attached hydrogens (tertiary/aromatic N) is 1. The zero-order chi connectivity index (χ0) is 10.1. The number of hydrogen-bond acceptors (Lipinski definition) is 3. The molecular weight excluding hydrogens is 176 g/mol. The first kappa shape index (κ1) is 9.87. The molecule has 3 heteroatoms. The highest BCUT2D eigenvalue weighted by molar-refractivity contribution is 5.82. The van der Waals surface area contributed by atoms with Gasteiger partial charge in [0, 0.05) is 6.54 Å². The van der Waals surface area contributed by atoms with E-state index in [0.29, 0.717) is 17.9 Å². The number of nitrogens with one attached hydrogen (secondary N) is 1. The first-order valence-corrected chi connectivity index (χ1v) is 5.31. The summed E-state index contributed by atoms with van der Waals surface area (Å²) in [5.41, 5.74) is 0. The molecule has 3 heterocycles. The third-order valence-corrected chi connectivity index (χ3v) is 3.37. The van der Waals surface area contributed by atoms with Crippen LogP contribution in [0.25, 0.3) is 0 Å². The lowest BCUT2D eigenvalue weighted by Gasteiger charge is -2.44. The van der Waals surface area contributed by atoms with E-state index >= 15 is 0 Å². The van der Waals surface area contributed by atoms with Gasteiger partial charge in [-0.2, -0.15) is 0 Å². The molecule has 0 radical (unpaired) electrons. The van der Waals surface area contributed by atoms with Crippen molar-refractivity contribution in [3.8, 4) is 0 Å². The highest BCUT2D eigenvalue weighted by atomic mass is 16.1. The molecule has 14 heavy (non-hydrogen) atoms. The Morgan fingerprint density at radius 3 is 2.86 bits per heavy atom. The SMILES string of the molecule is CC(=O)C1C2CC=CCC(NC2)N1C. The molecule has 0 aromatic heterocycles. The third kappa shape index (κ3) is 1.62. The first-order chi connectivity index (χ1) is 6.70. The monoisotopic (exact) mass is 194 g/mol. The van der Waals surface area contributed by atoms with Gasteiger partial charge in [-0.05, 0) is 32.7 Å². The van der Waals surface area contributed by atoms with Crippen LogP contribution in [0.5, 0.6) is 0 Å². The lowest BCUT2D eigenvalue weighted by molar-refractivity contribution is -0.126. The summed E-state index contributed by atoms with van der Waals surface area (Å²) in [4.78, 5) is 13.8. The number of hydrogen-bond donors (Lipinski definition) is 1. The van der Waals surface area contributed by atoms with Gasteiger partial charge in [0.05, 0.1) is 12.2 Å². The van der Waals surface area contributed by atoms with Gasteiger partial charge in [0.2, 0.25) is 0 Å². The van der Waals surface area contributed by atoms with Crippen molar-refractivity contribution in [3.63, 3.8) is 0 Å². The van der Waals surface area contributed by atoms with E-state index < -0.39 is 0 Å². The van der Waals surface area contributed by atoms with Crippen LogP contribution in [0.4, 0.5) is 0 Å². The van der Waals surface area contributed by atoms with Gasteiger partial charge in [-0.1, -0.05) is 12.2 Å². The molecule has 1 N–H and O–H groups in total. The summed E-state index contributed by atoms with van der Waals surface area (Å²) in [6.45, 7) is 2.69. The van der Waals surface area contributed by atoms with E-state index in [1.54, 1.807) is 6.92 Å². The van der Waals surface area contributed by atoms with E-state index in [0.717, 1.165) is 19.4 Å². The zero-order valence-electron chi connectivity index (χ0n) is 8.86. The maximum absolute atomic E-state index is 11.6. The van der Waals surface area contributed by atoms with Gasteiger partial charge >= 0.3 is 0 Å². The fourth-order valence-corrected chi connectivity index (χ4v) is 2.65. The van der Waals surface area contributed by atoms with Gasteiger partial charge in [-0.3, -0.25) is 9.69 Å². The Balaban J connectivity index is 2.25. The normalized spacial score (nSPS) is 38.0. The second-order valence-corrected chi connectivity index (χ2v) is 4.35. The third-order valence-electron chi connectivity index (χ3n) is 3.37. The molecule has 3 atom stereocenters. The van der Waals surface area contributed by atoms with Crippen LogP contribution in [0.3, 0.4) is 0 Å². The molecule has 0 spiro atoms. The Hall–Kier alpha value is -0.670. The molecule has 3 aliphatic heterocycles. The van der Waals surface area contributed by atoms with Gasteiger partial charge in [0.1, 0.15) is 5.78 Å². The van der Waals surface area contributed by atoms with Crippen LogP contribution in [-0.4, -0.2) is 36.5 Å². The van der Waals surface area contributed by atoms with Gasteiger partial charge in [-0.25, -0.2) is 0 Å². The lowest BCUT2D eigenvalue weighted by Crippen LogP contribution is -2.61. The van der Waals surface area contributed by atoms with E-state index in [1.165, 1.54) is 0 Å². The molecule has 1 saturated heterocycles. The Morgan fingerprint density at radius 2 is 2.14 bits per heavy atom. The summed E-state index contributed by atoms with van der Waals surface area (Å²) in [7, 11) is 2.05. The molecule has 2 bridgehead atoms. The largest absolute Gasteiger partial charge is 0.301 e. The summed E-state index contributed by atoms with van der Waals surface area (Å²) in [5, 5.41) is 3.48. The van der Waals surface area contributed by atoms with E-state index in [9.17, 15) is 4.79 Å². The fraction of sp³-hybridized carbons (Fsp3) is 0.727. The minimum Gasteiger partial charge on any atom is -0.301 e. The van der Waals surface area contributed by atoms with E-state index in [1.807, 2.05) is 0 Å². The molecule has 0 aliphatic carbocycles. The molecule has 3 unspecified atom stereocenters. The number of carbonyl (C=O) groups excluding carboxylic acids is 1. The van der Waals surface area contributed by atoms with E-state index in [-0.39, 0.29) is 6.04 Å². The Morgan fingerprint density at radius 1 is 1.43 bits per heavy atom. The molecule has 0 amide bonds. The van der Waals surface area contributed by atoms with Crippen molar-refractivity contribution < 1.29 is 4.79 Å². The van der Waals surface area contributed by atoms with Crippen molar-refractivity contribution in [1.82, 2.24) is 10.2 Å². The van der Waals surface area contributed by atoms with E-state index in [2.05, 4.69) is 29.4 Å². The standard InChI is InChI=1S/C11H18N2O/c1-8(14)11-9-5-3-4-6-10(12-7-9)13(11)2/h3-4,9-12H,5-7H2,1-2H3. The number of fused-ring (bicyclic) bond motifs is 4. The number of allylic oxidation sites excluding steroid dienone is 1. The quantitative estimate of drug-likeness (QED) is 0.626. The Labute approximate surface area is 85.2 Å². The molecule has 3 aliphatic rings. The summed E-state index contributed by atoms with van der Waals surface area (Å²) >= 11 is 0. The van der Waals surface area contributed by atoms with Crippen molar-refractivity contribution in [1.29, 1.82) is 0 Å². The van der Waals surface area contributed by atoms with Gasteiger partial charge in [-0.15, -0.1) is 0 Å². The van der Waals surface area contributed by atoms with Crippen LogP contribution < -0.4 is 5.32 Å². The number of likely N-dealkylation sites (N-methyl/N-ethyl adjacent to an activating group) is 1. The minimum atomic E-state index is 0.117. The molecule has 78 valence electrons. The smallest absolute Gasteiger partial charge is 0.147 e. The van der Waals surface area contributed by atoms with Crippen molar-refractivity contribution in [2.45, 2.75) is 32.0 Å². The van der Waals surface area contributed by atoms with Crippen LogP contribution in [0, 0.1) is 5.92 Å². The zero-order valence-corrected chi connectivity index (χ0v) is 8.86. The van der Waals surface area contributed by atoms with E-state index in [4.69, 9.17) is 0 Å². The molecule has 0 saturated carbocycles. The van der Waals surface area contributed by atoms with Crippen LogP contribution in [0.15, 0.2) is 12.2 Å². The Bertz CT molecular complexity index is 262. The maximum Gasteiger partial charge on any atom is 0.147 e.